The van der Waals surface area contributed by atoms with E-state index in [1.165, 1.54) is 0 Å². The third kappa shape index (κ3) is 1.80. The molecule has 0 aromatic heterocycles. The van der Waals surface area contributed by atoms with Crippen molar-refractivity contribution >= 4 is 0 Å². The Morgan fingerprint density at radius 2 is 1.76 bits per heavy atom. The Kier molecular flexibility index (Phi) is 2.18. The number of aryl methyl sites for hydroxylation is 1. The van der Waals surface area contributed by atoms with Crippen molar-refractivity contribution in [3.8, 4) is 28.4 Å². The predicted octanol–water partition coefficient (Wildman–Crippen LogP) is 3.10. The second-order valence-corrected chi connectivity index (χ2v) is 4.13. The van der Waals surface area contributed by atoms with E-state index in [2.05, 4.69) is 0 Å². The first-order valence-electron chi connectivity index (χ1n) is 5.43. The summed E-state index contributed by atoms with van der Waals surface area (Å²) in [7, 11) is 0. The maximum atomic E-state index is 9.59. The van der Waals surface area contributed by atoms with Crippen LogP contribution in [0.1, 0.15) is 5.56 Å². The molecule has 1 N–H and O–H groups in total. The first kappa shape index (κ1) is 10.0. The molecule has 0 unspecified atom stereocenters. The predicted molar refractivity (Wildman–Crippen MR) is 64.4 cm³/mol. The van der Waals surface area contributed by atoms with Crippen molar-refractivity contribution in [2.45, 2.75) is 6.92 Å². The van der Waals surface area contributed by atoms with Crippen molar-refractivity contribution in [2.24, 2.45) is 0 Å². The second-order valence-electron chi connectivity index (χ2n) is 4.13. The summed E-state index contributed by atoms with van der Waals surface area (Å²) >= 11 is 0. The fourth-order valence-electron chi connectivity index (χ4n) is 2.01. The average Bonchev–Trinajstić information content (AvgIpc) is 2.74. The zero-order valence-electron chi connectivity index (χ0n) is 9.43. The number of hydrogen-bond donors (Lipinski definition) is 1. The molecule has 1 aliphatic heterocycles. The smallest absolute Gasteiger partial charge is 0.231 e. The van der Waals surface area contributed by atoms with Gasteiger partial charge in [-0.3, -0.25) is 0 Å². The summed E-state index contributed by atoms with van der Waals surface area (Å²) in [6.45, 7) is 2.23. The zero-order valence-corrected chi connectivity index (χ0v) is 9.43. The van der Waals surface area contributed by atoms with Crippen molar-refractivity contribution in [2.75, 3.05) is 6.79 Å². The zero-order chi connectivity index (χ0) is 11.8. The highest BCUT2D eigenvalue weighted by atomic mass is 16.7. The van der Waals surface area contributed by atoms with Crippen LogP contribution in [-0.2, 0) is 0 Å². The number of aromatic hydroxyl groups is 1. The third-order valence-electron chi connectivity index (χ3n) is 2.77. The molecular formula is C14H12O3. The molecule has 2 aromatic carbocycles. The van der Waals surface area contributed by atoms with E-state index < -0.39 is 0 Å². The molecule has 0 saturated heterocycles. The molecule has 0 spiro atoms. The summed E-state index contributed by atoms with van der Waals surface area (Å²) in [4.78, 5) is 0. The molecular weight excluding hydrogens is 216 g/mol. The molecule has 1 heterocycles. The fourth-order valence-corrected chi connectivity index (χ4v) is 2.01. The van der Waals surface area contributed by atoms with E-state index in [0.29, 0.717) is 0 Å². The van der Waals surface area contributed by atoms with E-state index in [1.807, 2.05) is 31.2 Å². The fraction of sp³-hybridized carbons (Fsp3) is 0.143. The van der Waals surface area contributed by atoms with Crippen molar-refractivity contribution in [1.82, 2.24) is 0 Å². The molecule has 0 aliphatic carbocycles. The number of ether oxygens (including phenoxy) is 2. The maximum absolute atomic E-state index is 9.59. The molecule has 3 heteroatoms. The van der Waals surface area contributed by atoms with Gasteiger partial charge in [0.1, 0.15) is 5.75 Å². The Morgan fingerprint density at radius 3 is 2.59 bits per heavy atom. The minimum Gasteiger partial charge on any atom is -0.508 e. The van der Waals surface area contributed by atoms with Gasteiger partial charge in [-0.15, -0.1) is 0 Å². The van der Waals surface area contributed by atoms with Gasteiger partial charge in [0.25, 0.3) is 0 Å². The van der Waals surface area contributed by atoms with Gasteiger partial charge in [0.05, 0.1) is 0 Å². The van der Waals surface area contributed by atoms with Crippen LogP contribution >= 0.6 is 0 Å². The highest BCUT2D eigenvalue weighted by Gasteiger charge is 2.14. The lowest BCUT2D eigenvalue weighted by Gasteiger charge is -2.05. The van der Waals surface area contributed by atoms with E-state index in [1.54, 1.807) is 12.1 Å². The number of benzene rings is 2. The van der Waals surface area contributed by atoms with Gasteiger partial charge in [0.15, 0.2) is 11.5 Å². The normalized spacial score (nSPS) is 12.8. The Balaban J connectivity index is 2.09. The molecule has 0 radical (unpaired) electrons. The molecule has 0 amide bonds. The first-order valence-corrected chi connectivity index (χ1v) is 5.43. The van der Waals surface area contributed by atoms with Crippen LogP contribution in [0.25, 0.3) is 11.1 Å². The van der Waals surface area contributed by atoms with Gasteiger partial charge < -0.3 is 14.6 Å². The van der Waals surface area contributed by atoms with Crippen LogP contribution in [0.4, 0.5) is 0 Å². The Bertz CT molecular complexity index is 555. The number of fused-ring (bicyclic) bond motifs is 1. The van der Waals surface area contributed by atoms with Crippen LogP contribution in [-0.4, -0.2) is 11.9 Å². The first-order chi connectivity index (χ1) is 8.22. The van der Waals surface area contributed by atoms with E-state index >= 15 is 0 Å². The van der Waals surface area contributed by atoms with Crippen molar-refractivity contribution < 1.29 is 14.6 Å². The molecule has 0 bridgehead atoms. The monoisotopic (exact) mass is 228 g/mol. The Labute approximate surface area is 99.2 Å². The lowest BCUT2D eigenvalue weighted by atomic mass is 10.0. The molecule has 0 saturated carbocycles. The summed E-state index contributed by atoms with van der Waals surface area (Å²) in [5, 5.41) is 9.59. The SMILES string of the molecule is Cc1cc(O)cc(-c2ccc3c(c2)OCO3)c1. The summed E-state index contributed by atoms with van der Waals surface area (Å²) in [6.07, 6.45) is 0. The molecule has 3 nitrogen and oxygen atoms in total. The van der Waals surface area contributed by atoms with Crippen LogP contribution in [0.2, 0.25) is 0 Å². The average molecular weight is 228 g/mol. The summed E-state index contributed by atoms with van der Waals surface area (Å²) in [5.41, 5.74) is 3.01. The van der Waals surface area contributed by atoms with Gasteiger partial charge in [0, 0.05) is 0 Å². The summed E-state index contributed by atoms with van der Waals surface area (Å²) in [6, 6.07) is 11.3. The van der Waals surface area contributed by atoms with Crippen molar-refractivity contribution in [3.63, 3.8) is 0 Å². The highest BCUT2D eigenvalue weighted by molar-refractivity contribution is 5.69. The van der Waals surface area contributed by atoms with Crippen molar-refractivity contribution in [1.29, 1.82) is 0 Å². The molecule has 0 atom stereocenters. The molecule has 2 aromatic rings. The summed E-state index contributed by atoms with van der Waals surface area (Å²) < 4.78 is 10.6. The minimum absolute atomic E-state index is 0.276. The molecule has 17 heavy (non-hydrogen) atoms. The van der Waals surface area contributed by atoms with Gasteiger partial charge in [-0.05, 0) is 47.9 Å². The van der Waals surface area contributed by atoms with Gasteiger partial charge in [-0.1, -0.05) is 12.1 Å². The summed E-state index contributed by atoms with van der Waals surface area (Å²) in [5.74, 6) is 1.80. The molecule has 0 fully saturated rings. The van der Waals surface area contributed by atoms with Gasteiger partial charge in [0.2, 0.25) is 6.79 Å². The van der Waals surface area contributed by atoms with Crippen LogP contribution in [0, 0.1) is 6.92 Å². The number of phenolic OH excluding ortho intramolecular Hbond substituents is 1. The Morgan fingerprint density at radius 1 is 0.941 bits per heavy atom. The van der Waals surface area contributed by atoms with Crippen LogP contribution in [0.15, 0.2) is 36.4 Å². The molecule has 86 valence electrons. The van der Waals surface area contributed by atoms with E-state index in [-0.39, 0.29) is 12.5 Å². The Hall–Kier alpha value is -2.16. The number of phenols is 1. The van der Waals surface area contributed by atoms with Crippen LogP contribution < -0.4 is 9.47 Å². The lowest BCUT2D eigenvalue weighted by molar-refractivity contribution is 0.174. The van der Waals surface area contributed by atoms with E-state index in [0.717, 1.165) is 28.2 Å². The quantitative estimate of drug-likeness (QED) is 0.815. The van der Waals surface area contributed by atoms with Crippen LogP contribution in [0.3, 0.4) is 0 Å². The van der Waals surface area contributed by atoms with Gasteiger partial charge in [-0.25, -0.2) is 0 Å². The second kappa shape index (κ2) is 3.70. The molecule has 1 aliphatic rings. The largest absolute Gasteiger partial charge is 0.508 e. The standard InChI is InChI=1S/C14H12O3/c1-9-4-11(6-12(15)5-9)10-2-3-13-14(7-10)17-8-16-13/h2-7,15H,8H2,1H3. The van der Waals surface area contributed by atoms with E-state index in [9.17, 15) is 5.11 Å². The maximum Gasteiger partial charge on any atom is 0.231 e. The van der Waals surface area contributed by atoms with Crippen LogP contribution in [0.5, 0.6) is 17.2 Å². The van der Waals surface area contributed by atoms with Gasteiger partial charge in [-0.2, -0.15) is 0 Å². The molecule has 3 rings (SSSR count). The van der Waals surface area contributed by atoms with E-state index in [4.69, 9.17) is 9.47 Å². The number of hydrogen-bond acceptors (Lipinski definition) is 3. The highest BCUT2D eigenvalue weighted by Crippen LogP contribution is 2.36. The minimum atomic E-state index is 0.276. The topological polar surface area (TPSA) is 38.7 Å². The lowest BCUT2D eigenvalue weighted by Crippen LogP contribution is -1.92. The van der Waals surface area contributed by atoms with Crippen molar-refractivity contribution in [3.05, 3.63) is 42.0 Å². The number of rotatable bonds is 1. The van der Waals surface area contributed by atoms with Gasteiger partial charge >= 0.3 is 0 Å². The third-order valence-corrected chi connectivity index (χ3v) is 2.77.